The number of likely N-dealkylation sites (tertiary alicyclic amines) is 1. The number of benzene rings is 1. The normalized spacial score (nSPS) is 29.3. The van der Waals surface area contributed by atoms with E-state index in [1.807, 2.05) is 0 Å². The predicted octanol–water partition coefficient (Wildman–Crippen LogP) is 3.70. The summed E-state index contributed by atoms with van der Waals surface area (Å²) in [5, 5.41) is 3.55. The number of piperidine rings is 1. The molecule has 0 bridgehead atoms. The first-order valence-corrected chi connectivity index (χ1v) is 8.14. The van der Waals surface area contributed by atoms with Crippen LogP contribution in [0.25, 0.3) is 0 Å². The minimum Gasteiger partial charge on any atom is -0.315 e. The van der Waals surface area contributed by atoms with Crippen LogP contribution < -0.4 is 5.32 Å². The van der Waals surface area contributed by atoms with Crippen LogP contribution in [0.3, 0.4) is 0 Å². The van der Waals surface area contributed by atoms with Crippen LogP contribution in [-0.4, -0.2) is 30.6 Å². The molecular formula is C18H30N2. The van der Waals surface area contributed by atoms with E-state index < -0.39 is 0 Å². The maximum absolute atomic E-state index is 3.55. The highest BCUT2D eigenvalue weighted by Crippen LogP contribution is 2.33. The Morgan fingerprint density at radius 3 is 2.55 bits per heavy atom. The Balaban J connectivity index is 2.21. The van der Waals surface area contributed by atoms with Crippen LogP contribution in [0.5, 0.6) is 0 Å². The monoisotopic (exact) mass is 274 g/mol. The summed E-state index contributed by atoms with van der Waals surface area (Å²) < 4.78 is 0. The van der Waals surface area contributed by atoms with Crippen molar-refractivity contribution < 1.29 is 0 Å². The molecule has 1 aromatic carbocycles. The first-order chi connectivity index (χ1) is 9.63. The van der Waals surface area contributed by atoms with Gasteiger partial charge in [0.1, 0.15) is 0 Å². The SMILES string of the molecule is CCNCC(c1ccccc1)N1CC(C)CC(C)C1C. The average molecular weight is 274 g/mol. The molecule has 1 aliphatic rings. The fraction of sp³-hybridized carbons (Fsp3) is 0.667. The molecule has 0 aliphatic carbocycles. The van der Waals surface area contributed by atoms with E-state index in [1.165, 1.54) is 18.5 Å². The van der Waals surface area contributed by atoms with Gasteiger partial charge in [0.15, 0.2) is 0 Å². The lowest BCUT2D eigenvalue weighted by atomic mass is 9.84. The van der Waals surface area contributed by atoms with Gasteiger partial charge in [-0.1, -0.05) is 51.1 Å². The molecule has 1 aromatic rings. The second kappa shape index (κ2) is 7.24. The van der Waals surface area contributed by atoms with Gasteiger partial charge >= 0.3 is 0 Å². The fourth-order valence-electron chi connectivity index (χ4n) is 3.55. The van der Waals surface area contributed by atoms with E-state index in [0.717, 1.165) is 24.9 Å². The Labute approximate surface area is 124 Å². The summed E-state index contributed by atoms with van der Waals surface area (Å²) in [6.45, 7) is 12.7. The van der Waals surface area contributed by atoms with E-state index in [-0.39, 0.29) is 0 Å². The largest absolute Gasteiger partial charge is 0.315 e. The van der Waals surface area contributed by atoms with Gasteiger partial charge in [0.05, 0.1) is 0 Å². The van der Waals surface area contributed by atoms with Gasteiger partial charge in [-0.05, 0) is 37.3 Å². The van der Waals surface area contributed by atoms with Crippen molar-refractivity contribution in [1.29, 1.82) is 0 Å². The van der Waals surface area contributed by atoms with Crippen molar-refractivity contribution in [3.63, 3.8) is 0 Å². The zero-order chi connectivity index (χ0) is 14.5. The summed E-state index contributed by atoms with van der Waals surface area (Å²) in [5.41, 5.74) is 1.45. The molecule has 20 heavy (non-hydrogen) atoms. The van der Waals surface area contributed by atoms with Crippen LogP contribution in [-0.2, 0) is 0 Å². The molecule has 0 radical (unpaired) electrons. The lowest BCUT2D eigenvalue weighted by Crippen LogP contribution is -2.49. The van der Waals surface area contributed by atoms with Crippen LogP contribution >= 0.6 is 0 Å². The molecule has 4 unspecified atom stereocenters. The highest BCUT2D eigenvalue weighted by Gasteiger charge is 2.33. The van der Waals surface area contributed by atoms with Gasteiger partial charge in [-0.3, -0.25) is 4.90 Å². The van der Waals surface area contributed by atoms with E-state index in [1.54, 1.807) is 0 Å². The minimum atomic E-state index is 0.497. The zero-order valence-electron chi connectivity index (χ0n) is 13.5. The van der Waals surface area contributed by atoms with Gasteiger partial charge in [0, 0.05) is 25.2 Å². The van der Waals surface area contributed by atoms with Gasteiger partial charge < -0.3 is 5.32 Å². The van der Waals surface area contributed by atoms with Crippen LogP contribution in [0.4, 0.5) is 0 Å². The second-order valence-electron chi connectivity index (χ2n) is 6.49. The smallest absolute Gasteiger partial charge is 0.0475 e. The number of hydrogen-bond acceptors (Lipinski definition) is 2. The van der Waals surface area contributed by atoms with E-state index in [0.29, 0.717) is 12.1 Å². The lowest BCUT2D eigenvalue weighted by molar-refractivity contribution is 0.0395. The van der Waals surface area contributed by atoms with Crippen molar-refractivity contribution in [3.05, 3.63) is 35.9 Å². The van der Waals surface area contributed by atoms with Crippen LogP contribution in [0, 0.1) is 11.8 Å². The van der Waals surface area contributed by atoms with E-state index >= 15 is 0 Å². The van der Waals surface area contributed by atoms with Gasteiger partial charge in [0.2, 0.25) is 0 Å². The molecule has 1 fully saturated rings. The molecule has 1 heterocycles. The number of likely N-dealkylation sites (N-methyl/N-ethyl adjacent to an activating group) is 1. The Bertz CT molecular complexity index is 390. The van der Waals surface area contributed by atoms with E-state index in [4.69, 9.17) is 0 Å². The number of hydrogen-bond donors (Lipinski definition) is 1. The van der Waals surface area contributed by atoms with E-state index in [2.05, 4.69) is 68.2 Å². The minimum absolute atomic E-state index is 0.497. The summed E-state index contributed by atoms with van der Waals surface area (Å²) in [7, 11) is 0. The highest BCUT2D eigenvalue weighted by molar-refractivity contribution is 5.20. The first-order valence-electron chi connectivity index (χ1n) is 8.14. The average Bonchev–Trinajstić information content (AvgIpc) is 2.45. The maximum atomic E-state index is 3.55. The maximum Gasteiger partial charge on any atom is 0.0475 e. The van der Waals surface area contributed by atoms with Gasteiger partial charge in [-0.15, -0.1) is 0 Å². The molecule has 1 saturated heterocycles. The van der Waals surface area contributed by atoms with Crippen molar-refractivity contribution in [1.82, 2.24) is 10.2 Å². The Morgan fingerprint density at radius 2 is 1.90 bits per heavy atom. The Kier molecular flexibility index (Phi) is 5.62. The number of nitrogens with zero attached hydrogens (tertiary/aromatic N) is 1. The van der Waals surface area contributed by atoms with Crippen molar-refractivity contribution in [2.75, 3.05) is 19.6 Å². The molecule has 0 amide bonds. The van der Waals surface area contributed by atoms with E-state index in [9.17, 15) is 0 Å². The van der Waals surface area contributed by atoms with Crippen molar-refractivity contribution in [2.24, 2.45) is 11.8 Å². The molecular weight excluding hydrogens is 244 g/mol. The number of rotatable bonds is 5. The van der Waals surface area contributed by atoms with Crippen LogP contribution in [0.1, 0.15) is 45.7 Å². The Morgan fingerprint density at radius 1 is 1.20 bits per heavy atom. The molecule has 0 spiro atoms. The van der Waals surface area contributed by atoms with Gasteiger partial charge in [0.25, 0.3) is 0 Å². The standard InChI is InChI=1S/C18H30N2/c1-5-19-12-18(17-9-7-6-8-10-17)20-13-14(2)11-15(3)16(20)4/h6-10,14-16,18-19H,5,11-13H2,1-4H3. The molecule has 112 valence electrons. The third kappa shape index (κ3) is 3.62. The van der Waals surface area contributed by atoms with Crippen LogP contribution in [0.15, 0.2) is 30.3 Å². The second-order valence-corrected chi connectivity index (χ2v) is 6.49. The lowest BCUT2D eigenvalue weighted by Gasteiger charge is -2.45. The first kappa shape index (κ1) is 15.5. The number of nitrogens with one attached hydrogen (secondary N) is 1. The molecule has 1 aliphatic heterocycles. The Hall–Kier alpha value is -0.860. The summed E-state index contributed by atoms with van der Waals surface area (Å²) in [5.74, 6) is 1.58. The summed E-state index contributed by atoms with van der Waals surface area (Å²) >= 11 is 0. The third-order valence-corrected chi connectivity index (χ3v) is 4.82. The summed E-state index contributed by atoms with van der Waals surface area (Å²) in [4.78, 5) is 2.72. The molecule has 4 atom stereocenters. The molecule has 2 rings (SSSR count). The predicted molar refractivity (Wildman–Crippen MR) is 86.8 cm³/mol. The fourth-order valence-corrected chi connectivity index (χ4v) is 3.55. The van der Waals surface area contributed by atoms with Crippen LogP contribution in [0.2, 0.25) is 0 Å². The van der Waals surface area contributed by atoms with Crippen molar-refractivity contribution >= 4 is 0 Å². The van der Waals surface area contributed by atoms with Crippen molar-refractivity contribution in [3.8, 4) is 0 Å². The summed E-state index contributed by atoms with van der Waals surface area (Å²) in [6, 6.07) is 12.1. The zero-order valence-corrected chi connectivity index (χ0v) is 13.5. The topological polar surface area (TPSA) is 15.3 Å². The molecule has 0 aromatic heterocycles. The highest BCUT2D eigenvalue weighted by atomic mass is 15.2. The molecule has 2 nitrogen and oxygen atoms in total. The summed E-state index contributed by atoms with van der Waals surface area (Å²) in [6.07, 6.45) is 1.36. The van der Waals surface area contributed by atoms with Gasteiger partial charge in [-0.25, -0.2) is 0 Å². The molecule has 1 N–H and O–H groups in total. The van der Waals surface area contributed by atoms with Crippen molar-refractivity contribution in [2.45, 2.75) is 46.2 Å². The molecule has 2 heteroatoms. The molecule has 0 saturated carbocycles. The quantitative estimate of drug-likeness (QED) is 0.880. The third-order valence-electron chi connectivity index (χ3n) is 4.82. The van der Waals surface area contributed by atoms with Gasteiger partial charge in [-0.2, -0.15) is 0 Å².